The van der Waals surface area contributed by atoms with E-state index in [-0.39, 0.29) is 17.8 Å². The minimum absolute atomic E-state index is 0.184. The maximum atomic E-state index is 11.9. The lowest BCUT2D eigenvalue weighted by Crippen LogP contribution is -2.19. The molecule has 3 rings (SSSR count). The highest BCUT2D eigenvalue weighted by atomic mass is 16.5. The van der Waals surface area contributed by atoms with Crippen molar-refractivity contribution < 1.29 is 19.0 Å². The fourth-order valence-electron chi connectivity index (χ4n) is 5.51. The van der Waals surface area contributed by atoms with Gasteiger partial charge in [-0.05, 0) is 96.5 Å². The number of nitrogens with one attached hydrogen (secondary N) is 1. The number of ether oxygens (including phenoxy) is 3. The van der Waals surface area contributed by atoms with Crippen LogP contribution >= 0.6 is 0 Å². The van der Waals surface area contributed by atoms with Gasteiger partial charge in [-0.3, -0.25) is 5.41 Å². The number of esters is 1. The molecule has 248 valence electrons. The fraction of sp³-hybridized carbons (Fsp3) is 0.463. The van der Waals surface area contributed by atoms with Crippen LogP contribution in [0.25, 0.3) is 22.3 Å². The van der Waals surface area contributed by atoms with Crippen molar-refractivity contribution in [3.8, 4) is 28.0 Å². The standard InChI is InChI=1S/C41H55NO4/c1-7-10-11-12-13-15-33-17-19-35(20-18-33)39-23-21-36(26-34(39)9-3)37-22-24-40(46-29-32(8-2)28-45-31(6)42)38(27-37)16-14-25-44-41(43)30(4)5/h17-24,26-27,32,42H,4,7-16,25,28-29H2,1-3,5-6H3. The molecule has 0 aliphatic carbocycles. The summed E-state index contributed by atoms with van der Waals surface area (Å²) in [5.41, 5.74) is 9.08. The van der Waals surface area contributed by atoms with E-state index in [1.165, 1.54) is 59.9 Å². The summed E-state index contributed by atoms with van der Waals surface area (Å²) >= 11 is 0. The van der Waals surface area contributed by atoms with Crippen LogP contribution < -0.4 is 4.74 Å². The van der Waals surface area contributed by atoms with Crippen LogP contribution in [0.2, 0.25) is 0 Å². The fourth-order valence-corrected chi connectivity index (χ4v) is 5.51. The lowest BCUT2D eigenvalue weighted by Gasteiger charge is -2.19. The molecule has 0 radical (unpaired) electrons. The summed E-state index contributed by atoms with van der Waals surface area (Å²) in [7, 11) is 0. The van der Waals surface area contributed by atoms with Crippen molar-refractivity contribution >= 4 is 11.9 Å². The normalized spacial score (nSPS) is 11.6. The second kappa shape index (κ2) is 19.6. The number of unbranched alkanes of at least 4 members (excludes halogenated alkanes) is 4. The maximum absolute atomic E-state index is 11.9. The van der Waals surface area contributed by atoms with Gasteiger partial charge < -0.3 is 14.2 Å². The highest BCUT2D eigenvalue weighted by Crippen LogP contribution is 2.33. The highest BCUT2D eigenvalue weighted by molar-refractivity contribution is 5.86. The molecule has 0 bridgehead atoms. The highest BCUT2D eigenvalue weighted by Gasteiger charge is 2.14. The average Bonchev–Trinajstić information content (AvgIpc) is 3.06. The molecule has 0 aliphatic heterocycles. The van der Waals surface area contributed by atoms with E-state index >= 15 is 0 Å². The van der Waals surface area contributed by atoms with Gasteiger partial charge in [-0.25, -0.2) is 4.79 Å². The molecule has 5 heteroatoms. The van der Waals surface area contributed by atoms with Crippen molar-refractivity contribution in [1.82, 2.24) is 0 Å². The van der Waals surface area contributed by atoms with Gasteiger partial charge in [0.25, 0.3) is 0 Å². The molecular formula is C41H55NO4. The predicted molar refractivity (Wildman–Crippen MR) is 192 cm³/mol. The molecule has 0 heterocycles. The first-order valence-corrected chi connectivity index (χ1v) is 17.2. The molecule has 0 saturated heterocycles. The lowest BCUT2D eigenvalue weighted by atomic mass is 9.92. The second-order valence-electron chi connectivity index (χ2n) is 12.4. The Balaban J connectivity index is 1.79. The van der Waals surface area contributed by atoms with Gasteiger partial charge in [0, 0.05) is 18.4 Å². The first-order chi connectivity index (χ1) is 22.2. The summed E-state index contributed by atoms with van der Waals surface area (Å²) in [4.78, 5) is 11.9. The van der Waals surface area contributed by atoms with Crippen molar-refractivity contribution in [3.05, 3.63) is 89.5 Å². The number of hydrogen-bond donors (Lipinski definition) is 1. The molecule has 0 saturated carbocycles. The summed E-state index contributed by atoms with van der Waals surface area (Å²) in [5, 5.41) is 7.58. The molecule has 0 fully saturated rings. The van der Waals surface area contributed by atoms with E-state index in [1.807, 2.05) is 0 Å². The number of carbonyl (C=O) groups is 1. The summed E-state index contributed by atoms with van der Waals surface area (Å²) in [6.45, 7) is 14.9. The van der Waals surface area contributed by atoms with E-state index in [0.717, 1.165) is 36.1 Å². The Labute approximate surface area is 277 Å². The summed E-state index contributed by atoms with van der Waals surface area (Å²) < 4.78 is 17.1. The lowest BCUT2D eigenvalue weighted by molar-refractivity contribution is -0.139. The van der Waals surface area contributed by atoms with Crippen LogP contribution in [0.1, 0.15) is 96.3 Å². The molecule has 5 nitrogen and oxygen atoms in total. The van der Waals surface area contributed by atoms with Gasteiger partial charge in [0.05, 0.1) is 19.8 Å². The Bertz CT molecular complexity index is 1410. The Hall–Kier alpha value is -3.86. The van der Waals surface area contributed by atoms with Crippen molar-refractivity contribution in [2.45, 2.75) is 98.8 Å². The number of aryl methyl sites for hydroxylation is 3. The number of carbonyl (C=O) groups excluding carboxylic acids is 1. The Morgan fingerprint density at radius 2 is 1.43 bits per heavy atom. The number of rotatable bonds is 20. The molecule has 3 aromatic carbocycles. The first-order valence-electron chi connectivity index (χ1n) is 17.2. The van der Waals surface area contributed by atoms with Crippen LogP contribution in [-0.2, 0) is 33.5 Å². The quantitative estimate of drug-likeness (QED) is 0.0446. The Kier molecular flexibility index (Phi) is 15.6. The van der Waals surface area contributed by atoms with Gasteiger partial charge in [0.1, 0.15) is 5.75 Å². The van der Waals surface area contributed by atoms with E-state index in [1.54, 1.807) is 13.8 Å². The minimum Gasteiger partial charge on any atom is -0.493 e. The maximum Gasteiger partial charge on any atom is 0.333 e. The van der Waals surface area contributed by atoms with Crippen molar-refractivity contribution in [2.75, 3.05) is 19.8 Å². The van der Waals surface area contributed by atoms with Crippen LogP contribution in [0.5, 0.6) is 5.75 Å². The molecule has 1 atom stereocenters. The largest absolute Gasteiger partial charge is 0.493 e. The average molecular weight is 626 g/mol. The third kappa shape index (κ3) is 11.8. The topological polar surface area (TPSA) is 68.6 Å². The zero-order valence-electron chi connectivity index (χ0n) is 28.9. The van der Waals surface area contributed by atoms with Crippen LogP contribution in [0.4, 0.5) is 0 Å². The van der Waals surface area contributed by atoms with Gasteiger partial charge in [0.2, 0.25) is 0 Å². The Morgan fingerprint density at radius 1 is 0.761 bits per heavy atom. The van der Waals surface area contributed by atoms with E-state index < -0.39 is 0 Å². The molecule has 0 aromatic heterocycles. The van der Waals surface area contributed by atoms with Gasteiger partial charge in [-0.1, -0.05) is 102 Å². The molecule has 0 spiro atoms. The van der Waals surface area contributed by atoms with Gasteiger partial charge in [0.15, 0.2) is 5.90 Å². The van der Waals surface area contributed by atoms with E-state index in [9.17, 15) is 4.79 Å². The van der Waals surface area contributed by atoms with E-state index in [0.29, 0.717) is 38.2 Å². The van der Waals surface area contributed by atoms with Crippen molar-refractivity contribution in [1.29, 1.82) is 5.41 Å². The van der Waals surface area contributed by atoms with Crippen LogP contribution in [0.3, 0.4) is 0 Å². The summed E-state index contributed by atoms with van der Waals surface area (Å²) in [6.07, 6.45) is 10.9. The smallest absolute Gasteiger partial charge is 0.333 e. The zero-order valence-corrected chi connectivity index (χ0v) is 28.9. The monoisotopic (exact) mass is 625 g/mol. The molecule has 46 heavy (non-hydrogen) atoms. The molecular weight excluding hydrogens is 570 g/mol. The second-order valence-corrected chi connectivity index (χ2v) is 12.4. The zero-order chi connectivity index (χ0) is 33.3. The van der Waals surface area contributed by atoms with E-state index in [2.05, 4.69) is 88.0 Å². The van der Waals surface area contributed by atoms with Gasteiger partial charge >= 0.3 is 5.97 Å². The van der Waals surface area contributed by atoms with E-state index in [4.69, 9.17) is 19.6 Å². The SMILES string of the molecule is C=C(C)C(=O)OCCCc1cc(-c2ccc(-c3ccc(CCCCCCC)cc3)c(CC)c2)ccc1OCC(CC)COC(C)=N. The molecule has 0 aliphatic rings. The molecule has 3 aromatic rings. The first kappa shape index (κ1) is 36.6. The number of benzene rings is 3. The molecule has 1 unspecified atom stereocenters. The van der Waals surface area contributed by atoms with Crippen LogP contribution in [0.15, 0.2) is 72.8 Å². The van der Waals surface area contributed by atoms with Gasteiger partial charge in [-0.15, -0.1) is 0 Å². The van der Waals surface area contributed by atoms with Crippen LogP contribution in [0, 0.1) is 11.3 Å². The minimum atomic E-state index is -0.360. The summed E-state index contributed by atoms with van der Waals surface area (Å²) in [5.74, 6) is 0.874. The van der Waals surface area contributed by atoms with Crippen molar-refractivity contribution in [2.24, 2.45) is 5.92 Å². The van der Waals surface area contributed by atoms with Crippen LogP contribution in [-0.4, -0.2) is 31.7 Å². The Morgan fingerprint density at radius 3 is 2.09 bits per heavy atom. The predicted octanol–water partition coefficient (Wildman–Crippen LogP) is 10.6. The van der Waals surface area contributed by atoms with Crippen molar-refractivity contribution in [3.63, 3.8) is 0 Å². The molecule has 0 amide bonds. The third-order valence-electron chi connectivity index (χ3n) is 8.47. The summed E-state index contributed by atoms with van der Waals surface area (Å²) in [6, 6.07) is 22.3. The molecule has 1 N–H and O–H groups in total. The number of hydrogen-bond acceptors (Lipinski definition) is 5. The third-order valence-corrected chi connectivity index (χ3v) is 8.47. The van der Waals surface area contributed by atoms with Gasteiger partial charge in [-0.2, -0.15) is 0 Å².